The second kappa shape index (κ2) is 6.99. The number of fused-ring (bicyclic) bond motifs is 2. The van der Waals surface area contributed by atoms with Gasteiger partial charge in [0.1, 0.15) is 0 Å². The van der Waals surface area contributed by atoms with Crippen LogP contribution < -0.4 is 15.9 Å². The van der Waals surface area contributed by atoms with Gasteiger partial charge < -0.3 is 20.6 Å². The fraction of sp³-hybridized carbons (Fsp3) is 0.611. The molecule has 6 nitrogen and oxygen atoms in total. The van der Waals surface area contributed by atoms with Gasteiger partial charge in [0.15, 0.2) is 0 Å². The van der Waals surface area contributed by atoms with Crippen molar-refractivity contribution in [3.8, 4) is 0 Å². The smallest absolute Gasteiger partial charge is 0.214 e. The summed E-state index contributed by atoms with van der Waals surface area (Å²) in [6.07, 6.45) is 8.65. The van der Waals surface area contributed by atoms with E-state index in [0.717, 1.165) is 30.2 Å². The van der Waals surface area contributed by atoms with Gasteiger partial charge in [-0.25, -0.2) is 0 Å². The van der Waals surface area contributed by atoms with Gasteiger partial charge in [0.05, 0.1) is 17.9 Å². The molecule has 1 aromatic rings. The van der Waals surface area contributed by atoms with Crippen LogP contribution in [0.25, 0.3) is 0 Å². The van der Waals surface area contributed by atoms with E-state index in [1.165, 1.54) is 56.3 Å². The number of hydrogen-bond donors (Lipinski definition) is 2. The van der Waals surface area contributed by atoms with Crippen LogP contribution in [0.5, 0.6) is 0 Å². The number of aryl methyl sites for hydroxylation is 2. The number of hydrazine groups is 1. The fourth-order valence-electron chi connectivity index (χ4n) is 3.93. The van der Waals surface area contributed by atoms with Gasteiger partial charge in [-0.05, 0) is 68.5 Å². The average molecular weight is 328 g/mol. The van der Waals surface area contributed by atoms with E-state index < -0.39 is 0 Å². The van der Waals surface area contributed by atoms with E-state index in [9.17, 15) is 5.21 Å². The van der Waals surface area contributed by atoms with E-state index in [0.29, 0.717) is 18.2 Å². The molecule has 0 spiro atoms. The number of guanidine groups is 1. The van der Waals surface area contributed by atoms with Crippen molar-refractivity contribution in [1.82, 2.24) is 10.3 Å². The molecule has 4 rings (SSSR count). The second-order valence-electron chi connectivity index (χ2n) is 7.01. The third-order valence-electron chi connectivity index (χ3n) is 5.27. The van der Waals surface area contributed by atoms with Crippen molar-refractivity contribution in [1.29, 1.82) is 0 Å². The van der Waals surface area contributed by atoms with Crippen molar-refractivity contribution in [2.45, 2.75) is 44.9 Å². The van der Waals surface area contributed by atoms with Gasteiger partial charge in [0.25, 0.3) is 0 Å². The Morgan fingerprint density at radius 2 is 1.75 bits per heavy atom. The first-order valence-corrected chi connectivity index (χ1v) is 9.23. The molecule has 6 heteroatoms. The van der Waals surface area contributed by atoms with Crippen LogP contribution in [0.3, 0.4) is 0 Å². The standard InChI is InChI=1S/C18H26N5O/c24-23-17-13-15-7-5-6-14(15)12-16(17)20-18(21-23)19-8-11-22-9-3-1-2-4-10-22/h12-13H,1-11H2,(H2,19,20,21)/q-1. The molecule has 0 saturated carbocycles. The zero-order valence-corrected chi connectivity index (χ0v) is 14.2. The summed E-state index contributed by atoms with van der Waals surface area (Å²) in [4.78, 5) is 7.04. The van der Waals surface area contributed by atoms with Crippen molar-refractivity contribution < 1.29 is 0 Å². The Morgan fingerprint density at radius 3 is 2.54 bits per heavy atom. The molecule has 1 saturated heterocycles. The number of nitrogens with zero attached hydrogens (tertiary/aromatic N) is 3. The first-order valence-electron chi connectivity index (χ1n) is 9.23. The average Bonchev–Trinajstić information content (AvgIpc) is 2.87. The van der Waals surface area contributed by atoms with Gasteiger partial charge in [-0.2, -0.15) is 0 Å². The van der Waals surface area contributed by atoms with Crippen LogP contribution in [-0.2, 0) is 12.8 Å². The maximum atomic E-state index is 12.3. The third-order valence-corrected chi connectivity index (χ3v) is 5.27. The SMILES string of the molecule is [O-]N1NC(=NCCN2CCCCCC2)Nc2cc3c(cc21)CCC3. The van der Waals surface area contributed by atoms with E-state index in [2.05, 4.69) is 26.7 Å². The quantitative estimate of drug-likeness (QED) is 0.893. The summed E-state index contributed by atoms with van der Waals surface area (Å²) < 4.78 is 0. The maximum absolute atomic E-state index is 12.3. The lowest BCUT2D eigenvalue weighted by atomic mass is 10.1. The summed E-state index contributed by atoms with van der Waals surface area (Å²) in [7, 11) is 0. The van der Waals surface area contributed by atoms with Crippen molar-refractivity contribution >= 4 is 17.3 Å². The van der Waals surface area contributed by atoms with Gasteiger partial charge in [-0.15, -0.1) is 0 Å². The van der Waals surface area contributed by atoms with Crippen molar-refractivity contribution in [2.75, 3.05) is 36.7 Å². The number of aliphatic imine (C=N–C) groups is 1. The van der Waals surface area contributed by atoms with Gasteiger partial charge in [-0.3, -0.25) is 10.4 Å². The van der Waals surface area contributed by atoms with E-state index >= 15 is 0 Å². The molecule has 1 fully saturated rings. The lowest BCUT2D eigenvalue weighted by Gasteiger charge is -2.38. The molecule has 2 N–H and O–H groups in total. The Balaban J connectivity index is 1.40. The molecule has 2 heterocycles. The molecule has 130 valence electrons. The molecule has 0 amide bonds. The van der Waals surface area contributed by atoms with Crippen molar-refractivity contribution in [3.63, 3.8) is 0 Å². The molecule has 2 aliphatic heterocycles. The summed E-state index contributed by atoms with van der Waals surface area (Å²) >= 11 is 0. The van der Waals surface area contributed by atoms with Crippen molar-refractivity contribution in [3.05, 3.63) is 28.5 Å². The predicted molar refractivity (Wildman–Crippen MR) is 98.3 cm³/mol. The molecule has 1 aromatic carbocycles. The fourth-order valence-corrected chi connectivity index (χ4v) is 3.93. The largest absolute Gasteiger partial charge is 0.739 e. The Morgan fingerprint density at radius 1 is 1.00 bits per heavy atom. The van der Waals surface area contributed by atoms with E-state index in [1.54, 1.807) is 0 Å². The topological polar surface area (TPSA) is 66.0 Å². The number of nitrogens with one attached hydrogen (secondary N) is 2. The van der Waals surface area contributed by atoms with Gasteiger partial charge in [0.2, 0.25) is 5.96 Å². The van der Waals surface area contributed by atoms with E-state index in [4.69, 9.17) is 0 Å². The van der Waals surface area contributed by atoms with Gasteiger partial charge >= 0.3 is 0 Å². The highest BCUT2D eigenvalue weighted by Crippen LogP contribution is 2.34. The van der Waals surface area contributed by atoms with E-state index in [1.807, 2.05) is 6.07 Å². The molecule has 0 atom stereocenters. The van der Waals surface area contributed by atoms with Crippen LogP contribution in [0.15, 0.2) is 17.1 Å². The van der Waals surface area contributed by atoms with Crippen LogP contribution >= 0.6 is 0 Å². The normalized spacial score (nSPS) is 22.5. The van der Waals surface area contributed by atoms with Crippen LogP contribution in [0.1, 0.15) is 43.2 Å². The minimum absolute atomic E-state index is 0.560. The monoisotopic (exact) mass is 328 g/mol. The molecule has 1 aliphatic carbocycles. The summed E-state index contributed by atoms with van der Waals surface area (Å²) in [5, 5.41) is 16.4. The molecular formula is C18H26N5O-. The molecule has 0 aromatic heterocycles. The zero-order valence-electron chi connectivity index (χ0n) is 14.2. The molecule has 0 bridgehead atoms. The van der Waals surface area contributed by atoms with Gasteiger partial charge in [0, 0.05) is 6.54 Å². The minimum Gasteiger partial charge on any atom is -0.739 e. The Labute approximate surface area is 143 Å². The Kier molecular flexibility index (Phi) is 4.58. The van der Waals surface area contributed by atoms with E-state index in [-0.39, 0.29) is 0 Å². The van der Waals surface area contributed by atoms with Crippen LogP contribution in [-0.4, -0.2) is 37.0 Å². The van der Waals surface area contributed by atoms with Crippen LogP contribution in [0.4, 0.5) is 11.4 Å². The lowest BCUT2D eigenvalue weighted by Crippen LogP contribution is -2.46. The highest BCUT2D eigenvalue weighted by atomic mass is 16.5. The minimum atomic E-state index is 0.560. The lowest BCUT2D eigenvalue weighted by molar-refractivity contribution is 0.293. The molecule has 24 heavy (non-hydrogen) atoms. The number of likely N-dealkylation sites (tertiary alicyclic amines) is 1. The van der Waals surface area contributed by atoms with Gasteiger partial charge in [-0.1, -0.05) is 12.8 Å². The molecular weight excluding hydrogens is 302 g/mol. The Hall–Kier alpha value is -1.79. The maximum Gasteiger partial charge on any atom is 0.214 e. The summed E-state index contributed by atoms with van der Waals surface area (Å²) in [5.74, 6) is 0.560. The first-order chi connectivity index (χ1) is 11.8. The molecule has 3 aliphatic rings. The number of rotatable bonds is 3. The number of benzene rings is 1. The highest BCUT2D eigenvalue weighted by Gasteiger charge is 2.20. The Bertz CT molecular complexity index is 622. The van der Waals surface area contributed by atoms with Crippen molar-refractivity contribution in [2.24, 2.45) is 4.99 Å². The molecule has 0 unspecified atom stereocenters. The summed E-state index contributed by atoms with van der Waals surface area (Å²) in [6.45, 7) is 4.02. The number of anilines is 2. The third kappa shape index (κ3) is 3.35. The van der Waals surface area contributed by atoms with Crippen LogP contribution in [0, 0.1) is 5.21 Å². The van der Waals surface area contributed by atoms with Crippen LogP contribution in [0.2, 0.25) is 0 Å². The zero-order chi connectivity index (χ0) is 16.4. The summed E-state index contributed by atoms with van der Waals surface area (Å²) in [6, 6.07) is 4.13. The highest BCUT2D eigenvalue weighted by molar-refractivity contribution is 6.01. The predicted octanol–water partition coefficient (Wildman–Crippen LogP) is 2.64. The second-order valence-corrected chi connectivity index (χ2v) is 7.01. The molecule has 0 radical (unpaired) electrons. The summed E-state index contributed by atoms with van der Waals surface area (Å²) in [5.41, 5.74) is 7.02. The first kappa shape index (κ1) is 15.7. The number of hydrogen-bond acceptors (Lipinski definition) is 4.